The van der Waals surface area contributed by atoms with E-state index in [-0.39, 0.29) is 5.91 Å². The Hall–Kier alpha value is -2.70. The van der Waals surface area contributed by atoms with E-state index in [2.05, 4.69) is 20.5 Å². The van der Waals surface area contributed by atoms with Crippen LogP contribution in [0.25, 0.3) is 16.7 Å². The maximum atomic E-state index is 11.0. The number of nitrogens with zero attached hydrogens (tertiary/aromatic N) is 4. The molecule has 7 nitrogen and oxygen atoms in total. The summed E-state index contributed by atoms with van der Waals surface area (Å²) >= 11 is 0. The Balaban J connectivity index is 2.08. The zero-order chi connectivity index (χ0) is 14.8. The molecule has 0 spiro atoms. The fourth-order valence-corrected chi connectivity index (χ4v) is 2.25. The molecule has 21 heavy (non-hydrogen) atoms. The predicted molar refractivity (Wildman–Crippen MR) is 77.2 cm³/mol. The van der Waals surface area contributed by atoms with E-state index in [1.165, 1.54) is 6.92 Å². The minimum Gasteiger partial charge on any atom is -0.497 e. The molecular formula is C14H15N5O2. The van der Waals surface area contributed by atoms with Crippen molar-refractivity contribution in [2.45, 2.75) is 13.3 Å². The number of benzene rings is 1. The largest absolute Gasteiger partial charge is 0.497 e. The summed E-state index contributed by atoms with van der Waals surface area (Å²) in [6.07, 6.45) is 2.25. The number of carbonyl (C=O) groups excluding carboxylic acids is 1. The summed E-state index contributed by atoms with van der Waals surface area (Å²) in [5, 5.41) is 10.8. The molecule has 0 aliphatic heterocycles. The summed E-state index contributed by atoms with van der Waals surface area (Å²) in [5.74, 6) is 0.685. The fraction of sp³-hybridized carbons (Fsp3) is 0.286. The Bertz CT molecular complexity index is 812. The molecule has 1 N–H and O–H groups in total. The van der Waals surface area contributed by atoms with E-state index < -0.39 is 0 Å². The van der Waals surface area contributed by atoms with Crippen LogP contribution in [-0.2, 0) is 11.2 Å². The molecule has 0 fully saturated rings. The van der Waals surface area contributed by atoms with Gasteiger partial charge in [-0.1, -0.05) is 0 Å². The van der Waals surface area contributed by atoms with Gasteiger partial charge in [0.1, 0.15) is 12.1 Å². The first-order valence-corrected chi connectivity index (χ1v) is 6.60. The van der Waals surface area contributed by atoms with Crippen molar-refractivity contribution in [1.29, 1.82) is 0 Å². The molecule has 0 unspecified atom stereocenters. The second-order valence-electron chi connectivity index (χ2n) is 4.67. The van der Waals surface area contributed by atoms with Gasteiger partial charge in [-0.15, -0.1) is 10.2 Å². The van der Waals surface area contributed by atoms with Crippen molar-refractivity contribution in [1.82, 2.24) is 24.9 Å². The second kappa shape index (κ2) is 5.35. The van der Waals surface area contributed by atoms with Gasteiger partial charge in [0, 0.05) is 26.0 Å². The molecule has 7 heteroatoms. The van der Waals surface area contributed by atoms with Gasteiger partial charge in [0.05, 0.1) is 23.8 Å². The summed E-state index contributed by atoms with van der Waals surface area (Å²) < 4.78 is 7.12. The van der Waals surface area contributed by atoms with Crippen LogP contribution in [0.4, 0.5) is 0 Å². The van der Waals surface area contributed by atoms with Gasteiger partial charge < -0.3 is 10.1 Å². The van der Waals surface area contributed by atoms with Crippen molar-refractivity contribution in [3.05, 3.63) is 30.2 Å². The number of hydrogen-bond acceptors (Lipinski definition) is 5. The molecular weight excluding hydrogens is 270 g/mol. The van der Waals surface area contributed by atoms with E-state index in [0.29, 0.717) is 18.6 Å². The van der Waals surface area contributed by atoms with E-state index in [0.717, 1.165) is 22.5 Å². The van der Waals surface area contributed by atoms with Crippen LogP contribution in [0.15, 0.2) is 24.5 Å². The van der Waals surface area contributed by atoms with E-state index in [4.69, 9.17) is 4.74 Å². The summed E-state index contributed by atoms with van der Waals surface area (Å²) in [6.45, 7) is 2.01. The first kappa shape index (κ1) is 13.3. The summed E-state index contributed by atoms with van der Waals surface area (Å²) in [5.41, 5.74) is 3.22. The highest BCUT2D eigenvalue weighted by Crippen LogP contribution is 2.21. The molecule has 108 valence electrons. The first-order chi connectivity index (χ1) is 10.2. The van der Waals surface area contributed by atoms with Crippen LogP contribution in [0.3, 0.4) is 0 Å². The third kappa shape index (κ3) is 2.49. The molecule has 0 saturated carbocycles. The lowest BCUT2D eigenvalue weighted by atomic mass is 10.2. The van der Waals surface area contributed by atoms with E-state index in [1.807, 2.05) is 22.6 Å². The van der Waals surface area contributed by atoms with Crippen molar-refractivity contribution >= 4 is 22.6 Å². The highest BCUT2D eigenvalue weighted by Gasteiger charge is 2.11. The molecule has 1 aromatic carbocycles. The minimum absolute atomic E-state index is 0.0602. The number of carbonyl (C=O) groups is 1. The molecule has 0 bridgehead atoms. The van der Waals surface area contributed by atoms with Gasteiger partial charge in [0.25, 0.3) is 0 Å². The molecule has 3 aromatic rings. The smallest absolute Gasteiger partial charge is 0.216 e. The lowest BCUT2D eigenvalue weighted by Gasteiger charge is -2.08. The lowest BCUT2D eigenvalue weighted by molar-refractivity contribution is -0.118. The zero-order valence-electron chi connectivity index (χ0n) is 11.8. The zero-order valence-corrected chi connectivity index (χ0v) is 11.8. The van der Waals surface area contributed by atoms with Crippen molar-refractivity contribution in [2.75, 3.05) is 13.7 Å². The SMILES string of the molecule is COc1ccc2c(c1)nc(CCNC(C)=O)c1nncn12. The normalized spacial score (nSPS) is 11.0. The number of methoxy groups -OCH3 is 1. The number of rotatable bonds is 4. The molecule has 0 saturated heterocycles. The van der Waals surface area contributed by atoms with Crippen LogP contribution < -0.4 is 10.1 Å². The quantitative estimate of drug-likeness (QED) is 0.772. The van der Waals surface area contributed by atoms with Gasteiger partial charge in [-0.25, -0.2) is 4.98 Å². The molecule has 0 aliphatic carbocycles. The van der Waals surface area contributed by atoms with E-state index >= 15 is 0 Å². The van der Waals surface area contributed by atoms with Gasteiger partial charge in [-0.3, -0.25) is 9.20 Å². The third-order valence-corrected chi connectivity index (χ3v) is 3.24. The highest BCUT2D eigenvalue weighted by molar-refractivity contribution is 5.80. The number of amides is 1. The Morgan fingerprint density at radius 2 is 2.29 bits per heavy atom. The second-order valence-corrected chi connectivity index (χ2v) is 4.67. The topological polar surface area (TPSA) is 81.4 Å². The summed E-state index contributed by atoms with van der Waals surface area (Å²) in [6, 6.07) is 5.67. The minimum atomic E-state index is -0.0602. The van der Waals surface area contributed by atoms with Gasteiger partial charge >= 0.3 is 0 Å². The predicted octanol–water partition coefficient (Wildman–Crippen LogP) is 0.965. The Labute approximate surface area is 121 Å². The van der Waals surface area contributed by atoms with Crippen LogP contribution >= 0.6 is 0 Å². The number of nitrogens with one attached hydrogen (secondary N) is 1. The standard InChI is InChI=1S/C14H15N5O2/c1-9(20)15-6-5-11-14-18-16-8-19(14)13-4-3-10(21-2)7-12(13)17-11/h3-4,7-8H,5-6H2,1-2H3,(H,15,20). The maximum absolute atomic E-state index is 11.0. The van der Waals surface area contributed by atoms with Crippen molar-refractivity contribution in [3.8, 4) is 5.75 Å². The maximum Gasteiger partial charge on any atom is 0.216 e. The highest BCUT2D eigenvalue weighted by atomic mass is 16.5. The van der Waals surface area contributed by atoms with Crippen LogP contribution in [0, 0.1) is 0 Å². The van der Waals surface area contributed by atoms with Crippen LogP contribution in [0.1, 0.15) is 12.6 Å². The van der Waals surface area contributed by atoms with Crippen LogP contribution in [0.5, 0.6) is 5.75 Å². The van der Waals surface area contributed by atoms with E-state index in [9.17, 15) is 4.79 Å². The first-order valence-electron chi connectivity index (χ1n) is 6.60. The number of aromatic nitrogens is 4. The Kier molecular flexibility index (Phi) is 3.39. The van der Waals surface area contributed by atoms with Gasteiger partial charge in [-0.05, 0) is 12.1 Å². The molecule has 2 heterocycles. The number of hydrogen-bond donors (Lipinski definition) is 1. The monoisotopic (exact) mass is 285 g/mol. The number of ether oxygens (including phenoxy) is 1. The van der Waals surface area contributed by atoms with Crippen molar-refractivity contribution in [3.63, 3.8) is 0 Å². The number of fused-ring (bicyclic) bond motifs is 3. The molecule has 3 rings (SSSR count). The van der Waals surface area contributed by atoms with E-state index in [1.54, 1.807) is 13.4 Å². The van der Waals surface area contributed by atoms with Gasteiger partial charge in [0.2, 0.25) is 5.91 Å². The molecule has 0 radical (unpaired) electrons. The Morgan fingerprint density at radius 3 is 3.05 bits per heavy atom. The molecule has 1 amide bonds. The molecule has 0 atom stereocenters. The lowest BCUT2D eigenvalue weighted by Crippen LogP contribution is -2.23. The molecule has 2 aromatic heterocycles. The summed E-state index contributed by atoms with van der Waals surface area (Å²) in [4.78, 5) is 15.6. The fourth-order valence-electron chi connectivity index (χ4n) is 2.25. The molecule has 0 aliphatic rings. The van der Waals surface area contributed by atoms with Crippen molar-refractivity contribution in [2.24, 2.45) is 0 Å². The van der Waals surface area contributed by atoms with Crippen molar-refractivity contribution < 1.29 is 9.53 Å². The van der Waals surface area contributed by atoms with Gasteiger partial charge in [-0.2, -0.15) is 0 Å². The van der Waals surface area contributed by atoms with Crippen LogP contribution in [0.2, 0.25) is 0 Å². The Morgan fingerprint density at radius 1 is 1.43 bits per heavy atom. The summed E-state index contributed by atoms with van der Waals surface area (Å²) in [7, 11) is 1.62. The third-order valence-electron chi connectivity index (χ3n) is 3.24. The average molecular weight is 285 g/mol. The average Bonchev–Trinajstić information content (AvgIpc) is 2.96. The van der Waals surface area contributed by atoms with Gasteiger partial charge in [0.15, 0.2) is 5.65 Å². The van der Waals surface area contributed by atoms with Crippen LogP contribution in [-0.4, -0.2) is 39.1 Å².